The van der Waals surface area contributed by atoms with Crippen molar-refractivity contribution < 1.29 is 8.78 Å². The monoisotopic (exact) mass is 222 g/mol. The molecule has 3 rings (SSSR count). The van der Waals surface area contributed by atoms with Crippen LogP contribution in [0.4, 0.5) is 8.78 Å². The van der Waals surface area contributed by atoms with Gasteiger partial charge in [-0.2, -0.15) is 0 Å². The van der Waals surface area contributed by atoms with E-state index in [0.29, 0.717) is 11.3 Å². The zero-order valence-electron chi connectivity index (χ0n) is 9.47. The first-order valence-electron chi connectivity index (χ1n) is 6.03. The van der Waals surface area contributed by atoms with Gasteiger partial charge in [-0.25, -0.2) is 8.78 Å². The number of halogens is 2. The van der Waals surface area contributed by atoms with Crippen molar-refractivity contribution in [1.29, 1.82) is 0 Å². The molecule has 16 heavy (non-hydrogen) atoms. The van der Waals surface area contributed by atoms with Crippen molar-refractivity contribution >= 4 is 0 Å². The van der Waals surface area contributed by atoms with Crippen molar-refractivity contribution in [3.8, 4) is 0 Å². The maximum Gasteiger partial charge on any atom is 0.159 e. The van der Waals surface area contributed by atoms with E-state index in [9.17, 15) is 8.78 Å². The van der Waals surface area contributed by atoms with Crippen LogP contribution in [-0.2, 0) is 0 Å². The van der Waals surface area contributed by atoms with Crippen LogP contribution in [0.15, 0.2) is 18.2 Å². The lowest BCUT2D eigenvalue weighted by Crippen LogP contribution is -2.45. The van der Waals surface area contributed by atoms with Gasteiger partial charge in [0.1, 0.15) is 0 Å². The maximum absolute atomic E-state index is 13.1. The van der Waals surface area contributed by atoms with E-state index in [0.717, 1.165) is 11.5 Å². The number of hydrogen-bond acceptors (Lipinski definition) is 0. The third-order valence-corrected chi connectivity index (χ3v) is 4.34. The molecular weight excluding hydrogens is 206 g/mol. The van der Waals surface area contributed by atoms with Crippen LogP contribution in [0.5, 0.6) is 0 Å². The third-order valence-electron chi connectivity index (χ3n) is 4.34. The molecule has 0 atom stereocenters. The molecular formula is C14H16F2. The maximum atomic E-state index is 13.1. The Kier molecular flexibility index (Phi) is 2.10. The molecule has 0 radical (unpaired) electrons. The van der Waals surface area contributed by atoms with Crippen molar-refractivity contribution in [2.45, 2.75) is 38.5 Å². The summed E-state index contributed by atoms with van der Waals surface area (Å²) < 4.78 is 25.9. The highest BCUT2D eigenvalue weighted by Gasteiger charge is 2.51. The molecule has 0 heterocycles. The largest absolute Gasteiger partial charge is 0.204 e. The molecule has 1 aromatic carbocycles. The summed E-state index contributed by atoms with van der Waals surface area (Å²) in [6.45, 7) is 2.29. The summed E-state index contributed by atoms with van der Waals surface area (Å²) in [5.41, 5.74) is 1.54. The van der Waals surface area contributed by atoms with Gasteiger partial charge in [-0.15, -0.1) is 0 Å². The summed E-state index contributed by atoms with van der Waals surface area (Å²) in [6.07, 6.45) is 4.99. The minimum absolute atomic E-state index is 0.461. The minimum Gasteiger partial charge on any atom is -0.204 e. The van der Waals surface area contributed by atoms with E-state index in [1.54, 1.807) is 6.07 Å². The summed E-state index contributed by atoms with van der Waals surface area (Å²) in [5.74, 6) is -0.121. The number of benzene rings is 1. The van der Waals surface area contributed by atoms with Crippen molar-refractivity contribution in [3.05, 3.63) is 35.4 Å². The Balaban J connectivity index is 1.70. The molecule has 1 aromatic rings. The lowest BCUT2D eigenvalue weighted by molar-refractivity contribution is -0.0342. The fourth-order valence-corrected chi connectivity index (χ4v) is 3.74. The van der Waals surface area contributed by atoms with E-state index in [1.165, 1.54) is 37.8 Å². The van der Waals surface area contributed by atoms with E-state index in [4.69, 9.17) is 0 Å². The minimum atomic E-state index is -0.741. The number of hydrogen-bond donors (Lipinski definition) is 0. The quantitative estimate of drug-likeness (QED) is 0.666. The molecule has 2 aliphatic carbocycles. The summed E-state index contributed by atoms with van der Waals surface area (Å²) in [6, 6.07) is 4.35. The van der Waals surface area contributed by atoms with Gasteiger partial charge in [0.05, 0.1) is 0 Å². The fraction of sp³-hybridized carbons (Fsp3) is 0.571. The molecule has 0 saturated heterocycles. The first kappa shape index (κ1) is 10.2. The van der Waals surface area contributed by atoms with Gasteiger partial charge in [-0.3, -0.25) is 0 Å². The lowest BCUT2D eigenvalue weighted by atomic mass is 9.47. The summed E-state index contributed by atoms with van der Waals surface area (Å²) in [4.78, 5) is 0. The Morgan fingerprint density at radius 2 is 1.75 bits per heavy atom. The van der Waals surface area contributed by atoms with Crippen molar-refractivity contribution in [3.63, 3.8) is 0 Å². The SMILES string of the molecule is CC1CC2(C1)CC(c1ccc(F)c(F)c1)C2. The van der Waals surface area contributed by atoms with Crippen LogP contribution in [-0.4, -0.2) is 0 Å². The third kappa shape index (κ3) is 1.47. The Morgan fingerprint density at radius 1 is 1.06 bits per heavy atom. The lowest BCUT2D eigenvalue weighted by Gasteiger charge is -2.57. The highest BCUT2D eigenvalue weighted by molar-refractivity contribution is 5.26. The second kappa shape index (κ2) is 3.28. The predicted octanol–water partition coefficient (Wildman–Crippen LogP) is 4.26. The zero-order chi connectivity index (χ0) is 11.3. The standard InChI is InChI=1S/C14H16F2/c1-9-5-14(6-9)7-11(8-14)10-2-3-12(15)13(16)4-10/h2-4,9,11H,5-8H2,1H3. The van der Waals surface area contributed by atoms with Gasteiger partial charge >= 0.3 is 0 Å². The van der Waals surface area contributed by atoms with Crippen LogP contribution >= 0.6 is 0 Å². The van der Waals surface area contributed by atoms with Crippen molar-refractivity contribution in [1.82, 2.24) is 0 Å². The molecule has 2 fully saturated rings. The summed E-state index contributed by atoms with van der Waals surface area (Å²) >= 11 is 0. The van der Waals surface area contributed by atoms with E-state index >= 15 is 0 Å². The number of rotatable bonds is 1. The average molecular weight is 222 g/mol. The van der Waals surface area contributed by atoms with Gasteiger partial charge in [0.25, 0.3) is 0 Å². The second-order valence-corrected chi connectivity index (χ2v) is 5.79. The van der Waals surface area contributed by atoms with E-state index in [-0.39, 0.29) is 0 Å². The molecule has 1 spiro atoms. The molecule has 0 bridgehead atoms. The smallest absolute Gasteiger partial charge is 0.159 e. The molecule has 2 aliphatic rings. The predicted molar refractivity (Wildman–Crippen MR) is 59.2 cm³/mol. The van der Waals surface area contributed by atoms with E-state index in [1.807, 2.05) is 0 Å². The van der Waals surface area contributed by atoms with Crippen molar-refractivity contribution in [2.24, 2.45) is 11.3 Å². The van der Waals surface area contributed by atoms with E-state index in [2.05, 4.69) is 6.92 Å². The van der Waals surface area contributed by atoms with Crippen molar-refractivity contribution in [2.75, 3.05) is 0 Å². The average Bonchev–Trinajstić information content (AvgIpc) is 2.14. The molecule has 86 valence electrons. The van der Waals surface area contributed by atoms with Crippen LogP contribution in [0.1, 0.15) is 44.1 Å². The highest BCUT2D eigenvalue weighted by atomic mass is 19.2. The van der Waals surface area contributed by atoms with Crippen LogP contribution in [0.25, 0.3) is 0 Å². The van der Waals surface area contributed by atoms with Gasteiger partial charge in [-0.05, 0) is 60.6 Å². The van der Waals surface area contributed by atoms with E-state index < -0.39 is 11.6 Å². The van der Waals surface area contributed by atoms with Crippen LogP contribution in [0.2, 0.25) is 0 Å². The molecule has 0 N–H and O–H groups in total. The highest BCUT2D eigenvalue weighted by Crippen LogP contribution is 2.63. The Hall–Kier alpha value is -0.920. The Morgan fingerprint density at radius 3 is 2.31 bits per heavy atom. The topological polar surface area (TPSA) is 0 Å². The van der Waals surface area contributed by atoms with Gasteiger partial charge in [0.2, 0.25) is 0 Å². The first-order chi connectivity index (χ1) is 7.58. The zero-order valence-corrected chi connectivity index (χ0v) is 9.47. The normalized spacial score (nSPS) is 36.9. The van der Waals surface area contributed by atoms with Gasteiger partial charge in [0.15, 0.2) is 11.6 Å². The summed E-state index contributed by atoms with van der Waals surface area (Å²) in [5, 5.41) is 0. The molecule has 0 aromatic heterocycles. The fourth-order valence-electron chi connectivity index (χ4n) is 3.74. The summed E-state index contributed by atoms with van der Waals surface area (Å²) in [7, 11) is 0. The molecule has 2 saturated carbocycles. The molecule has 0 amide bonds. The second-order valence-electron chi connectivity index (χ2n) is 5.79. The molecule has 0 aliphatic heterocycles. The molecule has 0 unspecified atom stereocenters. The van der Waals surface area contributed by atoms with Crippen LogP contribution in [0.3, 0.4) is 0 Å². The van der Waals surface area contributed by atoms with Gasteiger partial charge in [0, 0.05) is 0 Å². The Labute approximate surface area is 94.7 Å². The van der Waals surface area contributed by atoms with Crippen LogP contribution < -0.4 is 0 Å². The molecule has 0 nitrogen and oxygen atoms in total. The van der Waals surface area contributed by atoms with Gasteiger partial charge in [-0.1, -0.05) is 13.0 Å². The molecule has 2 heteroatoms. The first-order valence-corrected chi connectivity index (χ1v) is 6.03. The van der Waals surface area contributed by atoms with Crippen LogP contribution in [0, 0.1) is 23.0 Å². The van der Waals surface area contributed by atoms with Gasteiger partial charge < -0.3 is 0 Å². The Bertz CT molecular complexity index is 411.